The summed E-state index contributed by atoms with van der Waals surface area (Å²) < 4.78 is 6.42. The fourth-order valence-corrected chi connectivity index (χ4v) is 10.5. The fraction of sp³-hybridized carbons (Fsp3) is 0.794. The number of rotatable bonds is 7. The third-order valence-corrected chi connectivity index (χ3v) is 12.4. The summed E-state index contributed by atoms with van der Waals surface area (Å²) in [6.45, 7) is 12.4. The van der Waals surface area contributed by atoms with Crippen molar-refractivity contribution in [1.29, 1.82) is 0 Å². The standard InChI is InChI=1S/C34H54N2O2/c1-21(2)8-6-9-22(3)27-16-17-28-25-14-12-23-10-7-11-31(34(23,5)29(25)18-19-33(27,28)4)38-32(37)26-15-13-24(35)20-30(26)36/h13,15,20-23,25,27-29,31H,6-12,14,16-19,35-36H2,1-5H3/t22-,23+,25+,27-,28-,29-,31?,33+,34-/m0/s1. The van der Waals surface area contributed by atoms with Crippen LogP contribution < -0.4 is 11.5 Å². The SMILES string of the molecule is CC(C)CCC[C@H](C)[C@@H]1CC[C@H]2[C@H]3CC[C@H]4CCCC(OC(=O)c5ccc(N)cc5N)[C@]4(C)[C@H]3CC[C@@]21C. The summed E-state index contributed by atoms with van der Waals surface area (Å²) in [5, 5.41) is 0. The third-order valence-electron chi connectivity index (χ3n) is 12.4. The molecule has 4 aliphatic carbocycles. The molecule has 1 aromatic rings. The van der Waals surface area contributed by atoms with E-state index < -0.39 is 0 Å². The molecule has 0 radical (unpaired) electrons. The number of hydrogen-bond acceptors (Lipinski definition) is 4. The molecular weight excluding hydrogens is 468 g/mol. The zero-order valence-corrected chi connectivity index (χ0v) is 24.8. The molecule has 4 saturated carbocycles. The Kier molecular flexibility index (Phi) is 7.84. The minimum absolute atomic E-state index is 0.0185. The van der Waals surface area contributed by atoms with Gasteiger partial charge in [0.1, 0.15) is 6.10 Å². The van der Waals surface area contributed by atoms with Gasteiger partial charge in [0, 0.05) is 16.8 Å². The smallest absolute Gasteiger partial charge is 0.340 e. The van der Waals surface area contributed by atoms with Gasteiger partial charge in [0.05, 0.1) is 5.56 Å². The van der Waals surface area contributed by atoms with Gasteiger partial charge in [0.25, 0.3) is 0 Å². The molecule has 0 spiro atoms. The lowest BCUT2D eigenvalue weighted by molar-refractivity contribution is -0.166. The third kappa shape index (κ3) is 4.77. The number of fused-ring (bicyclic) bond motifs is 5. The highest BCUT2D eigenvalue weighted by Gasteiger charge is 2.62. The minimum atomic E-state index is -0.270. The molecule has 0 aliphatic heterocycles. The molecule has 0 heterocycles. The van der Waals surface area contributed by atoms with Crippen molar-refractivity contribution in [2.45, 2.75) is 118 Å². The Labute approximate surface area is 232 Å². The molecule has 0 aromatic heterocycles. The number of nitrogens with two attached hydrogens (primary N) is 2. The van der Waals surface area contributed by atoms with Gasteiger partial charge in [0.15, 0.2) is 0 Å². The molecule has 5 rings (SSSR count). The van der Waals surface area contributed by atoms with Gasteiger partial charge in [-0.25, -0.2) is 4.79 Å². The van der Waals surface area contributed by atoms with Crippen molar-refractivity contribution in [3.63, 3.8) is 0 Å². The van der Waals surface area contributed by atoms with Crippen molar-refractivity contribution in [2.24, 2.45) is 52.3 Å². The lowest BCUT2D eigenvalue weighted by atomic mass is 9.44. The van der Waals surface area contributed by atoms with Crippen molar-refractivity contribution < 1.29 is 9.53 Å². The van der Waals surface area contributed by atoms with E-state index >= 15 is 0 Å². The topological polar surface area (TPSA) is 78.3 Å². The highest BCUT2D eigenvalue weighted by molar-refractivity contribution is 5.95. The first-order valence-corrected chi connectivity index (χ1v) is 15.9. The first-order chi connectivity index (χ1) is 18.1. The van der Waals surface area contributed by atoms with Crippen molar-refractivity contribution in [3.05, 3.63) is 23.8 Å². The summed E-state index contributed by atoms with van der Waals surface area (Å²) in [6, 6.07) is 5.14. The van der Waals surface area contributed by atoms with Gasteiger partial charge in [-0.1, -0.05) is 53.9 Å². The predicted molar refractivity (Wildman–Crippen MR) is 158 cm³/mol. The van der Waals surface area contributed by atoms with E-state index in [1.54, 1.807) is 18.2 Å². The number of esters is 1. The zero-order chi connectivity index (χ0) is 27.2. The van der Waals surface area contributed by atoms with Crippen LogP contribution in [0.25, 0.3) is 0 Å². The Balaban J connectivity index is 1.34. The van der Waals surface area contributed by atoms with E-state index in [-0.39, 0.29) is 17.5 Å². The van der Waals surface area contributed by atoms with Crippen LogP contribution in [0.5, 0.6) is 0 Å². The van der Waals surface area contributed by atoms with Gasteiger partial charge in [-0.05, 0) is 123 Å². The normalized spacial score (nSPS) is 39.2. The molecule has 4 fully saturated rings. The summed E-state index contributed by atoms with van der Waals surface area (Å²) in [6.07, 6.45) is 15.7. The van der Waals surface area contributed by atoms with Gasteiger partial charge in [0.2, 0.25) is 0 Å². The molecule has 0 amide bonds. The van der Waals surface area contributed by atoms with Crippen LogP contribution in [0.3, 0.4) is 0 Å². The summed E-state index contributed by atoms with van der Waals surface area (Å²) in [5.41, 5.74) is 14.1. The summed E-state index contributed by atoms with van der Waals surface area (Å²) >= 11 is 0. The number of anilines is 2. The van der Waals surface area contributed by atoms with E-state index in [0.717, 1.165) is 42.4 Å². The monoisotopic (exact) mass is 522 g/mol. The molecule has 212 valence electrons. The fourth-order valence-electron chi connectivity index (χ4n) is 10.5. The minimum Gasteiger partial charge on any atom is -0.458 e. The van der Waals surface area contributed by atoms with E-state index in [2.05, 4.69) is 34.6 Å². The maximum absolute atomic E-state index is 13.4. The number of nitrogen functional groups attached to an aromatic ring is 2. The summed E-state index contributed by atoms with van der Waals surface area (Å²) in [7, 11) is 0. The van der Waals surface area contributed by atoms with Gasteiger partial charge in [-0.2, -0.15) is 0 Å². The molecule has 4 nitrogen and oxygen atoms in total. The molecule has 0 saturated heterocycles. The van der Waals surface area contributed by atoms with Crippen LogP contribution in [0, 0.1) is 52.3 Å². The van der Waals surface area contributed by atoms with Crippen molar-refractivity contribution in [3.8, 4) is 0 Å². The number of ether oxygens (including phenoxy) is 1. The van der Waals surface area contributed by atoms with Crippen molar-refractivity contribution in [1.82, 2.24) is 0 Å². The van der Waals surface area contributed by atoms with E-state index in [0.29, 0.717) is 34.2 Å². The van der Waals surface area contributed by atoms with Gasteiger partial charge in [-0.3, -0.25) is 0 Å². The Morgan fingerprint density at radius 1 is 0.974 bits per heavy atom. The average Bonchev–Trinajstić information content (AvgIpc) is 3.21. The van der Waals surface area contributed by atoms with Crippen LogP contribution in [0.4, 0.5) is 11.4 Å². The Hall–Kier alpha value is -1.71. The van der Waals surface area contributed by atoms with Crippen molar-refractivity contribution in [2.75, 3.05) is 11.5 Å². The molecule has 4 N–H and O–H groups in total. The van der Waals surface area contributed by atoms with E-state index in [4.69, 9.17) is 16.2 Å². The Morgan fingerprint density at radius 3 is 2.50 bits per heavy atom. The van der Waals surface area contributed by atoms with Crippen LogP contribution in [-0.4, -0.2) is 12.1 Å². The average molecular weight is 523 g/mol. The van der Waals surface area contributed by atoms with Gasteiger partial charge >= 0.3 is 5.97 Å². The van der Waals surface area contributed by atoms with Gasteiger partial charge in [-0.15, -0.1) is 0 Å². The highest BCUT2D eigenvalue weighted by atomic mass is 16.5. The van der Waals surface area contributed by atoms with E-state index in [1.807, 2.05) is 0 Å². The molecule has 0 bridgehead atoms. The lowest BCUT2D eigenvalue weighted by Crippen LogP contribution is -2.58. The van der Waals surface area contributed by atoms with Crippen LogP contribution in [0.15, 0.2) is 18.2 Å². The molecule has 1 aromatic carbocycles. The number of hydrogen-bond donors (Lipinski definition) is 2. The molecule has 4 aliphatic rings. The molecule has 38 heavy (non-hydrogen) atoms. The molecular formula is C34H54N2O2. The first kappa shape index (κ1) is 27.8. The van der Waals surface area contributed by atoms with Crippen LogP contribution in [-0.2, 0) is 4.74 Å². The largest absolute Gasteiger partial charge is 0.458 e. The molecule has 9 atom stereocenters. The Morgan fingerprint density at radius 2 is 1.76 bits per heavy atom. The van der Waals surface area contributed by atoms with E-state index in [9.17, 15) is 4.79 Å². The van der Waals surface area contributed by atoms with Crippen molar-refractivity contribution >= 4 is 17.3 Å². The maximum Gasteiger partial charge on any atom is 0.340 e. The summed E-state index contributed by atoms with van der Waals surface area (Å²) in [5.74, 6) is 5.20. The lowest BCUT2D eigenvalue weighted by Gasteiger charge is -2.62. The van der Waals surface area contributed by atoms with E-state index in [1.165, 1.54) is 64.2 Å². The van der Waals surface area contributed by atoms with Crippen LogP contribution in [0.1, 0.15) is 122 Å². The molecule has 1 unspecified atom stereocenters. The predicted octanol–water partition coefficient (Wildman–Crippen LogP) is 8.50. The number of benzene rings is 1. The molecule has 4 heteroatoms. The number of carbonyl (C=O) groups excluding carboxylic acids is 1. The Bertz CT molecular complexity index is 1010. The highest BCUT2D eigenvalue weighted by Crippen LogP contribution is 2.68. The second-order valence-electron chi connectivity index (χ2n) is 14.7. The second kappa shape index (κ2) is 10.7. The summed E-state index contributed by atoms with van der Waals surface area (Å²) in [4.78, 5) is 13.4. The van der Waals surface area contributed by atoms with Gasteiger partial charge < -0.3 is 16.2 Å². The maximum atomic E-state index is 13.4. The first-order valence-electron chi connectivity index (χ1n) is 15.9. The van der Waals surface area contributed by atoms with Crippen LogP contribution in [0.2, 0.25) is 0 Å². The number of carbonyl (C=O) groups is 1. The second-order valence-corrected chi connectivity index (χ2v) is 14.7. The quantitative estimate of drug-likeness (QED) is 0.278. The zero-order valence-electron chi connectivity index (χ0n) is 24.8. The van der Waals surface area contributed by atoms with Crippen LogP contribution >= 0.6 is 0 Å².